The first-order chi connectivity index (χ1) is 13.1. The number of ether oxygens (including phenoxy) is 2. The first kappa shape index (κ1) is 24.2. The van der Waals surface area contributed by atoms with Gasteiger partial charge in [-0.1, -0.05) is 36.4 Å². The van der Waals surface area contributed by atoms with E-state index in [0.717, 1.165) is 30.4 Å². The van der Waals surface area contributed by atoms with E-state index in [4.69, 9.17) is 9.47 Å². The SMILES string of the molecule is CCNC(=NCc1cccc(OC)c1)NCc1ccc(COC(C)C)cc1.I. The van der Waals surface area contributed by atoms with Gasteiger partial charge in [-0.25, -0.2) is 4.99 Å². The number of benzene rings is 2. The van der Waals surface area contributed by atoms with Gasteiger partial charge in [0, 0.05) is 13.1 Å². The topological polar surface area (TPSA) is 54.9 Å². The van der Waals surface area contributed by atoms with E-state index in [1.165, 1.54) is 11.1 Å². The molecule has 0 radical (unpaired) electrons. The van der Waals surface area contributed by atoms with E-state index in [9.17, 15) is 0 Å². The summed E-state index contributed by atoms with van der Waals surface area (Å²) in [4.78, 5) is 4.66. The smallest absolute Gasteiger partial charge is 0.191 e. The molecule has 0 amide bonds. The zero-order chi connectivity index (χ0) is 19.5. The van der Waals surface area contributed by atoms with Crippen LogP contribution in [0.25, 0.3) is 0 Å². The highest BCUT2D eigenvalue weighted by molar-refractivity contribution is 14.0. The van der Waals surface area contributed by atoms with Gasteiger partial charge in [-0.2, -0.15) is 0 Å². The van der Waals surface area contributed by atoms with Gasteiger partial charge in [-0.05, 0) is 49.6 Å². The van der Waals surface area contributed by atoms with Crippen LogP contribution in [0.5, 0.6) is 5.75 Å². The summed E-state index contributed by atoms with van der Waals surface area (Å²) in [5, 5.41) is 6.67. The third-order valence-electron chi connectivity index (χ3n) is 3.96. The number of hydrogen-bond donors (Lipinski definition) is 2. The fourth-order valence-electron chi connectivity index (χ4n) is 2.48. The lowest BCUT2D eigenvalue weighted by atomic mass is 10.1. The minimum absolute atomic E-state index is 0. The van der Waals surface area contributed by atoms with Crippen LogP contribution in [0.3, 0.4) is 0 Å². The second kappa shape index (κ2) is 13.4. The molecule has 0 aliphatic carbocycles. The Morgan fingerprint density at radius 1 is 1.00 bits per heavy atom. The summed E-state index contributed by atoms with van der Waals surface area (Å²) in [6, 6.07) is 16.4. The van der Waals surface area contributed by atoms with Crippen LogP contribution in [0, 0.1) is 0 Å². The van der Waals surface area contributed by atoms with Crippen LogP contribution in [0.4, 0.5) is 0 Å². The lowest BCUT2D eigenvalue weighted by Crippen LogP contribution is -2.36. The molecule has 0 fully saturated rings. The molecule has 0 aliphatic rings. The van der Waals surface area contributed by atoms with E-state index in [-0.39, 0.29) is 30.1 Å². The fourth-order valence-corrected chi connectivity index (χ4v) is 2.48. The molecule has 2 N–H and O–H groups in total. The summed E-state index contributed by atoms with van der Waals surface area (Å²) in [6.45, 7) is 8.93. The average Bonchev–Trinajstić information content (AvgIpc) is 2.69. The third-order valence-corrected chi connectivity index (χ3v) is 3.96. The number of guanidine groups is 1. The van der Waals surface area contributed by atoms with Gasteiger partial charge in [0.25, 0.3) is 0 Å². The van der Waals surface area contributed by atoms with Crippen LogP contribution in [0.15, 0.2) is 53.5 Å². The molecule has 154 valence electrons. The van der Waals surface area contributed by atoms with E-state index in [2.05, 4.69) is 46.8 Å². The second-order valence-corrected chi connectivity index (χ2v) is 6.58. The summed E-state index contributed by atoms with van der Waals surface area (Å²) in [5.74, 6) is 1.65. The molecule has 2 aromatic rings. The number of aliphatic imine (C=N–C) groups is 1. The predicted molar refractivity (Wildman–Crippen MR) is 126 cm³/mol. The lowest BCUT2D eigenvalue weighted by molar-refractivity contribution is 0.0657. The van der Waals surface area contributed by atoms with Crippen molar-refractivity contribution in [3.05, 3.63) is 65.2 Å². The van der Waals surface area contributed by atoms with Gasteiger partial charge < -0.3 is 20.1 Å². The molecule has 0 spiro atoms. The highest BCUT2D eigenvalue weighted by Crippen LogP contribution is 2.13. The number of nitrogens with one attached hydrogen (secondary N) is 2. The largest absolute Gasteiger partial charge is 0.497 e. The Morgan fingerprint density at radius 2 is 1.71 bits per heavy atom. The Morgan fingerprint density at radius 3 is 2.36 bits per heavy atom. The summed E-state index contributed by atoms with van der Waals surface area (Å²) < 4.78 is 10.9. The van der Waals surface area contributed by atoms with Gasteiger partial charge in [0.05, 0.1) is 26.4 Å². The minimum atomic E-state index is 0. The van der Waals surface area contributed by atoms with Crippen molar-refractivity contribution in [2.24, 2.45) is 4.99 Å². The fraction of sp³-hybridized carbons (Fsp3) is 0.409. The average molecular weight is 497 g/mol. The molecule has 0 aliphatic heterocycles. The Hall–Kier alpha value is -1.80. The Balaban J connectivity index is 0.00000392. The number of methoxy groups -OCH3 is 1. The van der Waals surface area contributed by atoms with Crippen LogP contribution < -0.4 is 15.4 Å². The minimum Gasteiger partial charge on any atom is -0.497 e. The number of hydrogen-bond acceptors (Lipinski definition) is 3. The second-order valence-electron chi connectivity index (χ2n) is 6.58. The maximum Gasteiger partial charge on any atom is 0.191 e. The first-order valence-corrected chi connectivity index (χ1v) is 9.45. The maximum atomic E-state index is 5.63. The van der Waals surface area contributed by atoms with Crippen molar-refractivity contribution >= 4 is 29.9 Å². The van der Waals surface area contributed by atoms with E-state index >= 15 is 0 Å². The molecule has 5 nitrogen and oxygen atoms in total. The summed E-state index contributed by atoms with van der Waals surface area (Å²) >= 11 is 0. The quantitative estimate of drug-likeness (QED) is 0.305. The maximum absolute atomic E-state index is 5.63. The van der Waals surface area contributed by atoms with Crippen LogP contribution in [-0.4, -0.2) is 25.7 Å². The Kier molecular flexibility index (Phi) is 11.6. The van der Waals surface area contributed by atoms with Crippen molar-refractivity contribution in [2.75, 3.05) is 13.7 Å². The van der Waals surface area contributed by atoms with Crippen molar-refractivity contribution in [3.8, 4) is 5.75 Å². The van der Waals surface area contributed by atoms with Gasteiger partial charge in [0.1, 0.15) is 5.75 Å². The monoisotopic (exact) mass is 497 g/mol. The van der Waals surface area contributed by atoms with E-state index in [1.54, 1.807) is 7.11 Å². The van der Waals surface area contributed by atoms with Crippen LogP contribution in [-0.2, 0) is 24.4 Å². The summed E-state index contributed by atoms with van der Waals surface area (Å²) in [6.07, 6.45) is 0.245. The van der Waals surface area contributed by atoms with E-state index < -0.39 is 0 Å². The molecule has 28 heavy (non-hydrogen) atoms. The van der Waals surface area contributed by atoms with Crippen molar-refractivity contribution < 1.29 is 9.47 Å². The molecule has 0 aromatic heterocycles. The van der Waals surface area contributed by atoms with Crippen molar-refractivity contribution in [2.45, 2.75) is 46.6 Å². The summed E-state index contributed by atoms with van der Waals surface area (Å²) in [5.41, 5.74) is 3.50. The van der Waals surface area contributed by atoms with Gasteiger partial charge in [0.15, 0.2) is 5.96 Å². The zero-order valence-electron chi connectivity index (χ0n) is 17.2. The van der Waals surface area contributed by atoms with Crippen molar-refractivity contribution in [1.29, 1.82) is 0 Å². The van der Waals surface area contributed by atoms with Crippen LogP contribution in [0.2, 0.25) is 0 Å². The number of rotatable bonds is 9. The van der Waals surface area contributed by atoms with Crippen molar-refractivity contribution in [3.63, 3.8) is 0 Å². The molecule has 0 atom stereocenters. The number of nitrogens with zero attached hydrogens (tertiary/aromatic N) is 1. The van der Waals surface area contributed by atoms with Gasteiger partial charge in [0.2, 0.25) is 0 Å². The molecule has 0 saturated carbocycles. The standard InChI is InChI=1S/C22H31N3O2.HI/c1-5-23-22(25-15-20-7-6-8-21(13-20)26-4)24-14-18-9-11-19(12-10-18)16-27-17(2)3;/h6-13,17H,5,14-16H2,1-4H3,(H2,23,24,25);1H. The molecule has 2 aromatic carbocycles. The molecule has 6 heteroatoms. The third kappa shape index (κ3) is 8.93. The normalized spacial score (nSPS) is 11.1. The molecule has 0 bridgehead atoms. The molecule has 2 rings (SSSR count). The Bertz CT molecular complexity index is 718. The van der Waals surface area contributed by atoms with Gasteiger partial charge in [-0.3, -0.25) is 0 Å². The van der Waals surface area contributed by atoms with Crippen LogP contribution >= 0.6 is 24.0 Å². The van der Waals surface area contributed by atoms with E-state index in [1.807, 2.05) is 38.1 Å². The lowest BCUT2D eigenvalue weighted by Gasteiger charge is -2.12. The predicted octanol–water partition coefficient (Wildman–Crippen LogP) is 4.49. The molecule has 0 saturated heterocycles. The number of halogens is 1. The van der Waals surface area contributed by atoms with Gasteiger partial charge >= 0.3 is 0 Å². The molecular weight excluding hydrogens is 465 g/mol. The molecule has 0 heterocycles. The summed E-state index contributed by atoms with van der Waals surface area (Å²) in [7, 11) is 1.67. The zero-order valence-corrected chi connectivity index (χ0v) is 19.5. The van der Waals surface area contributed by atoms with Crippen molar-refractivity contribution in [1.82, 2.24) is 10.6 Å². The Labute approximate surface area is 186 Å². The highest BCUT2D eigenvalue weighted by atomic mass is 127. The van der Waals surface area contributed by atoms with Gasteiger partial charge in [-0.15, -0.1) is 24.0 Å². The first-order valence-electron chi connectivity index (χ1n) is 9.45. The van der Waals surface area contributed by atoms with Crippen LogP contribution in [0.1, 0.15) is 37.5 Å². The highest BCUT2D eigenvalue weighted by Gasteiger charge is 2.01. The molecule has 0 unspecified atom stereocenters. The molecular formula is C22H32IN3O2. The van der Waals surface area contributed by atoms with E-state index in [0.29, 0.717) is 13.2 Å².